The Morgan fingerprint density at radius 3 is 2.42 bits per heavy atom. The van der Waals surface area contributed by atoms with Crippen molar-refractivity contribution in [2.24, 2.45) is 0 Å². The third-order valence-electron chi connectivity index (χ3n) is 3.99. The summed E-state index contributed by atoms with van der Waals surface area (Å²) in [7, 11) is 0. The molecule has 3 rings (SSSR count). The summed E-state index contributed by atoms with van der Waals surface area (Å²) in [4.78, 5) is 20.8. The van der Waals surface area contributed by atoms with Crippen molar-refractivity contribution in [3.05, 3.63) is 76.6 Å². The Labute approximate surface area is 157 Å². The van der Waals surface area contributed by atoms with Crippen LogP contribution in [0.25, 0.3) is 0 Å². The maximum absolute atomic E-state index is 12.3. The molecule has 0 aliphatic rings. The van der Waals surface area contributed by atoms with E-state index in [2.05, 4.69) is 33.6 Å². The van der Waals surface area contributed by atoms with Gasteiger partial charge in [0.05, 0.1) is 5.56 Å². The summed E-state index contributed by atoms with van der Waals surface area (Å²) in [6.45, 7) is 4.14. The number of aromatic nitrogens is 2. The second-order valence-electron chi connectivity index (χ2n) is 5.84. The van der Waals surface area contributed by atoms with Crippen LogP contribution in [0.4, 0.5) is 17.3 Å². The number of nitrogens with one attached hydrogen (secondary N) is 2. The molecule has 0 saturated heterocycles. The first-order chi connectivity index (χ1) is 12.6. The van der Waals surface area contributed by atoms with Crippen LogP contribution in [-0.4, -0.2) is 15.9 Å². The number of hydrogen-bond donors (Lipinski definition) is 2. The van der Waals surface area contributed by atoms with E-state index in [-0.39, 0.29) is 5.91 Å². The highest BCUT2D eigenvalue weighted by Gasteiger charge is 2.10. The Kier molecular flexibility index (Phi) is 5.49. The molecule has 26 heavy (non-hydrogen) atoms. The van der Waals surface area contributed by atoms with Crippen LogP contribution in [0.5, 0.6) is 0 Å². The Hall–Kier alpha value is -2.92. The second kappa shape index (κ2) is 7.97. The summed E-state index contributed by atoms with van der Waals surface area (Å²) < 4.78 is 0. The van der Waals surface area contributed by atoms with E-state index in [1.54, 1.807) is 24.3 Å². The van der Waals surface area contributed by atoms with Gasteiger partial charge in [-0.3, -0.25) is 4.79 Å². The summed E-state index contributed by atoms with van der Waals surface area (Å²) in [6, 6.07) is 13.1. The summed E-state index contributed by atoms with van der Waals surface area (Å²) in [5.74, 6) is 0.182. The lowest BCUT2D eigenvalue weighted by atomic mass is 10.1. The normalized spacial score (nSPS) is 10.4. The van der Waals surface area contributed by atoms with Crippen LogP contribution in [0.1, 0.15) is 28.4 Å². The largest absolute Gasteiger partial charge is 0.324 e. The summed E-state index contributed by atoms with van der Waals surface area (Å²) in [5, 5.41) is 6.64. The van der Waals surface area contributed by atoms with Crippen molar-refractivity contribution in [3.63, 3.8) is 0 Å². The predicted octanol–water partition coefficient (Wildman–Crippen LogP) is 5.00. The van der Waals surface area contributed by atoms with Gasteiger partial charge in [-0.15, -0.1) is 0 Å². The number of halogens is 1. The van der Waals surface area contributed by atoms with E-state index in [1.807, 2.05) is 19.1 Å². The Morgan fingerprint density at radius 2 is 1.77 bits per heavy atom. The zero-order chi connectivity index (χ0) is 18.5. The molecule has 6 heteroatoms. The van der Waals surface area contributed by atoms with Gasteiger partial charge in [0.2, 0.25) is 5.95 Å². The third-order valence-corrected chi connectivity index (χ3v) is 4.24. The van der Waals surface area contributed by atoms with Crippen LogP contribution >= 0.6 is 11.6 Å². The highest BCUT2D eigenvalue weighted by molar-refractivity contribution is 6.30. The molecule has 0 unspecified atom stereocenters. The van der Waals surface area contributed by atoms with Crippen molar-refractivity contribution in [1.82, 2.24) is 9.97 Å². The fourth-order valence-corrected chi connectivity index (χ4v) is 2.69. The quantitative estimate of drug-likeness (QED) is 0.667. The zero-order valence-electron chi connectivity index (χ0n) is 14.6. The molecule has 2 aromatic carbocycles. The molecule has 0 bridgehead atoms. The minimum Gasteiger partial charge on any atom is -0.324 e. The average Bonchev–Trinajstić information content (AvgIpc) is 2.65. The molecule has 132 valence electrons. The number of anilines is 3. The van der Waals surface area contributed by atoms with Gasteiger partial charge in [0, 0.05) is 28.8 Å². The molecule has 2 N–H and O–H groups in total. The first-order valence-electron chi connectivity index (χ1n) is 8.31. The van der Waals surface area contributed by atoms with Gasteiger partial charge in [0.25, 0.3) is 5.91 Å². The van der Waals surface area contributed by atoms with E-state index < -0.39 is 0 Å². The standard InChI is InChI=1S/C20H19ClN4O/c1-3-14-6-4-5-13(2)18(14)25-20-22-11-15(12-23-20)19(26)24-17-9-7-16(21)8-10-17/h4-12H,3H2,1-2H3,(H,24,26)(H,22,23,25). The number of benzene rings is 2. The molecular weight excluding hydrogens is 348 g/mol. The van der Waals surface area contributed by atoms with Crippen molar-refractivity contribution in [3.8, 4) is 0 Å². The van der Waals surface area contributed by atoms with Crippen LogP contribution < -0.4 is 10.6 Å². The van der Waals surface area contributed by atoms with E-state index in [0.717, 1.165) is 17.7 Å². The minimum atomic E-state index is -0.274. The lowest BCUT2D eigenvalue weighted by Gasteiger charge is -2.13. The van der Waals surface area contributed by atoms with Crippen molar-refractivity contribution in [2.45, 2.75) is 20.3 Å². The maximum atomic E-state index is 12.3. The minimum absolute atomic E-state index is 0.274. The molecule has 0 fully saturated rings. The Morgan fingerprint density at radius 1 is 1.08 bits per heavy atom. The molecule has 0 radical (unpaired) electrons. The fourth-order valence-electron chi connectivity index (χ4n) is 2.56. The van der Waals surface area contributed by atoms with Gasteiger partial charge in [-0.25, -0.2) is 9.97 Å². The van der Waals surface area contributed by atoms with Gasteiger partial charge < -0.3 is 10.6 Å². The van der Waals surface area contributed by atoms with Gasteiger partial charge in [-0.05, 0) is 48.7 Å². The summed E-state index contributed by atoms with van der Waals surface area (Å²) in [6.07, 6.45) is 3.92. The van der Waals surface area contributed by atoms with Gasteiger partial charge in [0.1, 0.15) is 0 Å². The van der Waals surface area contributed by atoms with Crippen molar-refractivity contribution in [1.29, 1.82) is 0 Å². The van der Waals surface area contributed by atoms with Crippen LogP contribution in [0, 0.1) is 6.92 Å². The van der Waals surface area contributed by atoms with Crippen LogP contribution in [0.3, 0.4) is 0 Å². The van der Waals surface area contributed by atoms with Crippen LogP contribution in [0.2, 0.25) is 5.02 Å². The Bertz CT molecular complexity index is 908. The number of para-hydroxylation sites is 1. The average molecular weight is 367 g/mol. The van der Waals surface area contributed by atoms with E-state index in [1.165, 1.54) is 18.0 Å². The van der Waals surface area contributed by atoms with Crippen molar-refractivity contribution in [2.75, 3.05) is 10.6 Å². The number of rotatable bonds is 5. The maximum Gasteiger partial charge on any atom is 0.258 e. The number of carbonyl (C=O) groups excluding carboxylic acids is 1. The molecule has 0 aliphatic heterocycles. The molecule has 1 amide bonds. The highest BCUT2D eigenvalue weighted by atomic mass is 35.5. The van der Waals surface area contributed by atoms with Gasteiger partial charge in [-0.2, -0.15) is 0 Å². The molecule has 1 aromatic heterocycles. The fraction of sp³-hybridized carbons (Fsp3) is 0.150. The number of hydrogen-bond acceptors (Lipinski definition) is 4. The van der Waals surface area contributed by atoms with Crippen LogP contribution in [0.15, 0.2) is 54.9 Å². The topological polar surface area (TPSA) is 66.9 Å². The molecular formula is C20H19ClN4O. The molecule has 3 aromatic rings. The first kappa shape index (κ1) is 17.9. The molecule has 1 heterocycles. The molecule has 0 atom stereocenters. The number of carbonyl (C=O) groups is 1. The SMILES string of the molecule is CCc1cccc(C)c1Nc1ncc(C(=O)Nc2ccc(Cl)cc2)cn1. The zero-order valence-corrected chi connectivity index (χ0v) is 15.3. The van der Waals surface area contributed by atoms with E-state index >= 15 is 0 Å². The molecule has 0 spiro atoms. The van der Waals surface area contributed by atoms with Crippen molar-refractivity contribution >= 4 is 34.8 Å². The second-order valence-corrected chi connectivity index (χ2v) is 6.28. The van der Waals surface area contributed by atoms with Crippen molar-refractivity contribution < 1.29 is 4.79 Å². The van der Waals surface area contributed by atoms with E-state index in [0.29, 0.717) is 22.2 Å². The number of amides is 1. The van der Waals surface area contributed by atoms with E-state index in [4.69, 9.17) is 11.6 Å². The molecule has 5 nitrogen and oxygen atoms in total. The Balaban J connectivity index is 1.72. The smallest absolute Gasteiger partial charge is 0.258 e. The lowest BCUT2D eigenvalue weighted by Crippen LogP contribution is -2.13. The molecule has 0 aliphatic carbocycles. The summed E-state index contributed by atoms with van der Waals surface area (Å²) >= 11 is 5.84. The summed E-state index contributed by atoms with van der Waals surface area (Å²) in [5.41, 5.74) is 4.36. The first-order valence-corrected chi connectivity index (χ1v) is 8.69. The van der Waals surface area contributed by atoms with E-state index in [9.17, 15) is 4.79 Å². The van der Waals surface area contributed by atoms with Crippen LogP contribution in [-0.2, 0) is 6.42 Å². The lowest BCUT2D eigenvalue weighted by molar-refractivity contribution is 0.102. The predicted molar refractivity (Wildman–Crippen MR) is 105 cm³/mol. The van der Waals surface area contributed by atoms with Gasteiger partial charge in [-0.1, -0.05) is 36.7 Å². The molecule has 0 saturated carbocycles. The highest BCUT2D eigenvalue weighted by Crippen LogP contribution is 2.23. The van der Waals surface area contributed by atoms with Gasteiger partial charge >= 0.3 is 0 Å². The number of nitrogens with zero attached hydrogens (tertiary/aromatic N) is 2. The monoisotopic (exact) mass is 366 g/mol. The number of aryl methyl sites for hydroxylation is 2. The third kappa shape index (κ3) is 4.18. The van der Waals surface area contributed by atoms with Gasteiger partial charge in [0.15, 0.2) is 0 Å².